The largest absolute Gasteiger partial charge is 0.457 e. The Morgan fingerprint density at radius 3 is 2.50 bits per heavy atom. The van der Waals surface area contributed by atoms with Crippen LogP contribution >= 0.6 is 0 Å². The molecule has 0 aliphatic carbocycles. The second kappa shape index (κ2) is 5.89. The van der Waals surface area contributed by atoms with Crippen molar-refractivity contribution in [2.75, 3.05) is 6.61 Å². The zero-order chi connectivity index (χ0) is 12.0. The minimum absolute atomic E-state index is 0.249. The molecule has 0 aromatic heterocycles. The van der Waals surface area contributed by atoms with E-state index < -0.39 is 5.79 Å². The van der Waals surface area contributed by atoms with Crippen LogP contribution in [0.4, 0.5) is 0 Å². The lowest BCUT2D eigenvalue weighted by Crippen LogP contribution is -2.34. The third kappa shape index (κ3) is 4.66. The van der Waals surface area contributed by atoms with Gasteiger partial charge in [0.25, 0.3) is 0 Å². The zero-order valence-electron chi connectivity index (χ0n) is 9.99. The maximum atomic E-state index is 11.2. The average Bonchev–Trinajstić information content (AvgIpc) is 2.14. The smallest absolute Gasteiger partial charge is 0.337 e. The van der Waals surface area contributed by atoms with Gasteiger partial charge < -0.3 is 14.6 Å². The highest BCUT2D eigenvalue weighted by Gasteiger charge is 2.29. The highest BCUT2D eigenvalue weighted by molar-refractivity contribution is 5.83. The molecule has 1 heterocycles. The van der Waals surface area contributed by atoms with Gasteiger partial charge in [0.1, 0.15) is 5.76 Å². The zero-order valence-corrected chi connectivity index (χ0v) is 9.99. The van der Waals surface area contributed by atoms with E-state index >= 15 is 0 Å². The van der Waals surface area contributed by atoms with Gasteiger partial charge in [-0.15, -0.1) is 0 Å². The van der Waals surface area contributed by atoms with Crippen molar-refractivity contribution in [2.24, 2.45) is 0 Å². The molecule has 0 spiro atoms. The van der Waals surface area contributed by atoms with Gasteiger partial charge in [0.15, 0.2) is 0 Å². The van der Waals surface area contributed by atoms with Crippen LogP contribution in [0.5, 0.6) is 0 Å². The number of allylic oxidation sites excluding steroid dienone is 1. The van der Waals surface area contributed by atoms with E-state index in [-0.39, 0.29) is 12.6 Å². The maximum Gasteiger partial charge on any atom is 0.337 e. The number of cyclic esters (lactones) is 1. The molecule has 1 N–H and O–H groups in total. The van der Waals surface area contributed by atoms with E-state index in [0.717, 1.165) is 32.1 Å². The van der Waals surface area contributed by atoms with Crippen LogP contribution in [0.15, 0.2) is 11.8 Å². The van der Waals surface area contributed by atoms with Crippen LogP contribution in [0, 0.1) is 0 Å². The van der Waals surface area contributed by atoms with E-state index in [1.54, 1.807) is 13.8 Å². The Morgan fingerprint density at radius 2 is 1.88 bits per heavy atom. The molecule has 0 unspecified atom stereocenters. The summed E-state index contributed by atoms with van der Waals surface area (Å²) in [5, 5.41) is 8.62. The Kier molecular flexibility index (Phi) is 4.80. The number of unbranched alkanes of at least 4 members (excludes halogenated alkanes) is 3. The summed E-state index contributed by atoms with van der Waals surface area (Å²) < 4.78 is 10.5. The number of aliphatic hydroxyl groups is 1. The number of rotatable bonds is 6. The van der Waals surface area contributed by atoms with E-state index in [1.807, 2.05) is 0 Å². The lowest BCUT2D eigenvalue weighted by molar-refractivity contribution is -0.206. The number of carbonyl (C=O) groups is 1. The number of ether oxygens (including phenoxy) is 2. The number of esters is 1. The second-order valence-corrected chi connectivity index (χ2v) is 4.42. The fourth-order valence-corrected chi connectivity index (χ4v) is 1.66. The fourth-order valence-electron chi connectivity index (χ4n) is 1.66. The Balaban J connectivity index is 2.28. The van der Waals surface area contributed by atoms with Gasteiger partial charge in [-0.25, -0.2) is 4.79 Å². The standard InChI is InChI=1S/C12H20O4/c1-12(2)15-10(9-11(14)16-12)7-5-3-4-6-8-13/h9,13H,3-8H2,1-2H3. The maximum absolute atomic E-state index is 11.2. The molecular weight excluding hydrogens is 208 g/mol. The Hall–Kier alpha value is -1.03. The Labute approximate surface area is 96.2 Å². The van der Waals surface area contributed by atoms with E-state index in [9.17, 15) is 4.79 Å². The Morgan fingerprint density at radius 1 is 1.19 bits per heavy atom. The van der Waals surface area contributed by atoms with Gasteiger partial charge in [0, 0.05) is 26.9 Å². The van der Waals surface area contributed by atoms with E-state index in [2.05, 4.69) is 0 Å². The van der Waals surface area contributed by atoms with Crippen molar-refractivity contribution in [1.29, 1.82) is 0 Å². The summed E-state index contributed by atoms with van der Waals surface area (Å²) in [6.07, 6.45) is 6.03. The molecule has 0 aromatic rings. The summed E-state index contributed by atoms with van der Waals surface area (Å²) in [7, 11) is 0. The molecule has 16 heavy (non-hydrogen) atoms. The highest BCUT2D eigenvalue weighted by Crippen LogP contribution is 2.25. The third-order valence-corrected chi connectivity index (χ3v) is 2.33. The molecule has 0 amide bonds. The van der Waals surface area contributed by atoms with Crippen molar-refractivity contribution < 1.29 is 19.4 Å². The molecule has 1 aliphatic heterocycles. The molecule has 1 rings (SSSR count). The van der Waals surface area contributed by atoms with Crippen molar-refractivity contribution in [1.82, 2.24) is 0 Å². The summed E-state index contributed by atoms with van der Waals surface area (Å²) in [4.78, 5) is 11.2. The molecule has 0 atom stereocenters. The molecule has 1 aliphatic rings. The predicted octanol–water partition coefficient (Wildman–Crippen LogP) is 2.12. The van der Waals surface area contributed by atoms with Crippen molar-refractivity contribution in [3.63, 3.8) is 0 Å². The average molecular weight is 228 g/mol. The lowest BCUT2D eigenvalue weighted by Gasteiger charge is -2.30. The van der Waals surface area contributed by atoms with Crippen molar-refractivity contribution in [3.8, 4) is 0 Å². The molecule has 4 heteroatoms. The van der Waals surface area contributed by atoms with Gasteiger partial charge in [-0.1, -0.05) is 12.8 Å². The predicted molar refractivity (Wildman–Crippen MR) is 59.5 cm³/mol. The first kappa shape index (κ1) is 13.0. The first-order chi connectivity index (χ1) is 7.53. The topological polar surface area (TPSA) is 55.8 Å². The van der Waals surface area contributed by atoms with Crippen LogP contribution in [0.1, 0.15) is 46.0 Å². The summed E-state index contributed by atoms with van der Waals surface area (Å²) in [5.41, 5.74) is 0. The molecule has 92 valence electrons. The van der Waals surface area contributed by atoms with Gasteiger partial charge in [-0.2, -0.15) is 0 Å². The summed E-state index contributed by atoms with van der Waals surface area (Å²) >= 11 is 0. The van der Waals surface area contributed by atoms with Crippen molar-refractivity contribution in [3.05, 3.63) is 11.8 Å². The van der Waals surface area contributed by atoms with E-state index in [4.69, 9.17) is 14.6 Å². The molecule has 0 saturated carbocycles. The van der Waals surface area contributed by atoms with Gasteiger partial charge in [0.05, 0.1) is 6.08 Å². The van der Waals surface area contributed by atoms with Crippen molar-refractivity contribution >= 4 is 5.97 Å². The van der Waals surface area contributed by atoms with Gasteiger partial charge in [-0.3, -0.25) is 0 Å². The summed E-state index contributed by atoms with van der Waals surface area (Å²) in [6, 6.07) is 0. The molecule has 0 saturated heterocycles. The molecule has 0 bridgehead atoms. The number of hydrogen-bond donors (Lipinski definition) is 1. The molecule has 0 radical (unpaired) electrons. The minimum Gasteiger partial charge on any atom is -0.457 e. The fraction of sp³-hybridized carbons (Fsp3) is 0.750. The quantitative estimate of drug-likeness (QED) is 0.559. The number of carbonyl (C=O) groups excluding carboxylic acids is 1. The highest BCUT2D eigenvalue weighted by atomic mass is 16.7. The van der Waals surface area contributed by atoms with E-state index in [0.29, 0.717) is 5.76 Å². The lowest BCUT2D eigenvalue weighted by atomic mass is 10.1. The van der Waals surface area contributed by atoms with Crippen LogP contribution in [0.2, 0.25) is 0 Å². The first-order valence-corrected chi connectivity index (χ1v) is 5.77. The first-order valence-electron chi connectivity index (χ1n) is 5.77. The normalized spacial score (nSPS) is 18.7. The van der Waals surface area contributed by atoms with Crippen molar-refractivity contribution in [2.45, 2.75) is 51.7 Å². The SMILES string of the molecule is CC1(C)OC(=O)C=C(CCCCCCO)O1. The molecular formula is C12H20O4. The minimum atomic E-state index is -0.841. The molecule has 0 aromatic carbocycles. The second-order valence-electron chi connectivity index (χ2n) is 4.42. The third-order valence-electron chi connectivity index (χ3n) is 2.33. The van der Waals surface area contributed by atoms with Gasteiger partial charge in [0.2, 0.25) is 5.79 Å². The van der Waals surface area contributed by atoms with Gasteiger partial charge in [-0.05, 0) is 12.8 Å². The van der Waals surface area contributed by atoms with Crippen LogP contribution in [0.3, 0.4) is 0 Å². The van der Waals surface area contributed by atoms with Crippen LogP contribution in [-0.4, -0.2) is 23.5 Å². The summed E-state index contributed by atoms with van der Waals surface area (Å²) in [6.45, 7) is 3.70. The number of hydrogen-bond acceptors (Lipinski definition) is 4. The Bertz CT molecular complexity index is 268. The van der Waals surface area contributed by atoms with Crippen LogP contribution < -0.4 is 0 Å². The number of aliphatic hydroxyl groups excluding tert-OH is 1. The van der Waals surface area contributed by atoms with E-state index in [1.165, 1.54) is 6.08 Å². The van der Waals surface area contributed by atoms with Crippen LogP contribution in [0.25, 0.3) is 0 Å². The van der Waals surface area contributed by atoms with Gasteiger partial charge >= 0.3 is 5.97 Å². The molecule has 4 nitrogen and oxygen atoms in total. The monoisotopic (exact) mass is 228 g/mol. The van der Waals surface area contributed by atoms with Crippen LogP contribution in [-0.2, 0) is 14.3 Å². The summed E-state index contributed by atoms with van der Waals surface area (Å²) in [5.74, 6) is -0.474. The molecule has 0 fully saturated rings.